The molecule has 3 rings (SSSR count). The van der Waals surface area contributed by atoms with Crippen LogP contribution in [0, 0.1) is 5.92 Å². The molecule has 0 spiro atoms. The Morgan fingerprint density at radius 3 is 1.95 bits per heavy atom. The molecule has 2 N–H and O–H groups in total. The molecule has 100 valence electrons. The van der Waals surface area contributed by atoms with Crippen LogP contribution in [0.1, 0.15) is 17.9 Å². The zero-order chi connectivity index (χ0) is 12.5. The minimum absolute atomic E-state index is 0. The third-order valence-corrected chi connectivity index (χ3v) is 3.99. The van der Waals surface area contributed by atoms with Gasteiger partial charge < -0.3 is 5.73 Å². The molecular formula is C16H17Cl2N. The van der Waals surface area contributed by atoms with Gasteiger partial charge in [0.05, 0.1) is 0 Å². The molecule has 2 aromatic rings. The van der Waals surface area contributed by atoms with Crippen LogP contribution < -0.4 is 5.73 Å². The Morgan fingerprint density at radius 2 is 1.47 bits per heavy atom. The Kier molecular flexibility index (Phi) is 4.51. The number of rotatable bonds is 3. The first-order valence-electron chi connectivity index (χ1n) is 6.34. The largest absolute Gasteiger partial charge is 0.330 e. The van der Waals surface area contributed by atoms with Crippen LogP contribution in [0.4, 0.5) is 0 Å². The van der Waals surface area contributed by atoms with Crippen LogP contribution in [-0.2, 0) is 0 Å². The molecule has 1 aliphatic rings. The Morgan fingerprint density at radius 1 is 0.947 bits per heavy atom. The van der Waals surface area contributed by atoms with Crippen molar-refractivity contribution in [2.45, 2.75) is 12.3 Å². The van der Waals surface area contributed by atoms with Crippen molar-refractivity contribution >= 4 is 24.0 Å². The second-order valence-electron chi connectivity index (χ2n) is 4.97. The third-order valence-electron chi connectivity index (χ3n) is 3.74. The molecule has 1 nitrogen and oxygen atoms in total. The van der Waals surface area contributed by atoms with E-state index in [-0.39, 0.29) is 12.4 Å². The lowest BCUT2D eigenvalue weighted by Gasteiger charge is -2.04. The van der Waals surface area contributed by atoms with Crippen LogP contribution in [0.15, 0.2) is 48.5 Å². The second-order valence-corrected chi connectivity index (χ2v) is 5.40. The van der Waals surface area contributed by atoms with E-state index >= 15 is 0 Å². The van der Waals surface area contributed by atoms with Crippen LogP contribution in [0.3, 0.4) is 0 Å². The van der Waals surface area contributed by atoms with Crippen LogP contribution in [-0.4, -0.2) is 6.54 Å². The Balaban J connectivity index is 0.00000133. The molecule has 1 aliphatic carbocycles. The second kappa shape index (κ2) is 5.96. The van der Waals surface area contributed by atoms with Gasteiger partial charge in [0, 0.05) is 5.02 Å². The maximum atomic E-state index is 5.89. The van der Waals surface area contributed by atoms with Crippen molar-refractivity contribution in [2.24, 2.45) is 11.7 Å². The van der Waals surface area contributed by atoms with Gasteiger partial charge in [-0.3, -0.25) is 0 Å². The molecule has 2 atom stereocenters. The lowest BCUT2D eigenvalue weighted by molar-refractivity contribution is 0.810. The molecular weight excluding hydrogens is 277 g/mol. The van der Waals surface area contributed by atoms with Gasteiger partial charge in [0.15, 0.2) is 0 Å². The average molecular weight is 294 g/mol. The summed E-state index contributed by atoms with van der Waals surface area (Å²) >= 11 is 5.89. The van der Waals surface area contributed by atoms with Gasteiger partial charge in [0.2, 0.25) is 0 Å². The molecule has 1 fully saturated rings. The zero-order valence-corrected chi connectivity index (χ0v) is 12.1. The smallest absolute Gasteiger partial charge is 0.0406 e. The van der Waals surface area contributed by atoms with Crippen LogP contribution in [0.25, 0.3) is 11.1 Å². The molecule has 0 heterocycles. The maximum Gasteiger partial charge on any atom is 0.0406 e. The maximum absolute atomic E-state index is 5.89. The summed E-state index contributed by atoms with van der Waals surface area (Å²) in [6, 6.07) is 16.8. The van der Waals surface area contributed by atoms with Gasteiger partial charge in [0.25, 0.3) is 0 Å². The Hall–Kier alpha value is -1.02. The summed E-state index contributed by atoms with van der Waals surface area (Å²) in [6.07, 6.45) is 1.25. The van der Waals surface area contributed by atoms with Gasteiger partial charge >= 0.3 is 0 Å². The van der Waals surface area contributed by atoms with Crippen molar-refractivity contribution in [3.63, 3.8) is 0 Å². The standard InChI is InChI=1S/C16H16ClN.ClH/c17-15-7-5-12(6-8-15)11-1-3-13(4-2-11)16-9-14(16)10-18;/h1-8,14,16H,9-10,18H2;1H. The van der Waals surface area contributed by atoms with E-state index in [9.17, 15) is 0 Å². The first-order valence-corrected chi connectivity index (χ1v) is 6.71. The summed E-state index contributed by atoms with van der Waals surface area (Å²) < 4.78 is 0. The predicted octanol–water partition coefficient (Wildman–Crippen LogP) is 4.49. The first-order chi connectivity index (χ1) is 8.78. The van der Waals surface area contributed by atoms with Crippen molar-refractivity contribution < 1.29 is 0 Å². The van der Waals surface area contributed by atoms with E-state index in [0.717, 1.165) is 11.6 Å². The first kappa shape index (κ1) is 14.4. The fourth-order valence-electron chi connectivity index (χ4n) is 2.48. The predicted molar refractivity (Wildman–Crippen MR) is 84.0 cm³/mol. The number of benzene rings is 2. The highest BCUT2D eigenvalue weighted by Gasteiger charge is 2.36. The monoisotopic (exact) mass is 293 g/mol. The summed E-state index contributed by atoms with van der Waals surface area (Å²) in [5, 5.41) is 0.777. The minimum Gasteiger partial charge on any atom is -0.330 e. The molecule has 3 heteroatoms. The van der Waals surface area contributed by atoms with E-state index in [2.05, 4.69) is 36.4 Å². The molecule has 0 aromatic heterocycles. The summed E-state index contributed by atoms with van der Waals surface area (Å²) in [4.78, 5) is 0. The van der Waals surface area contributed by atoms with E-state index in [1.165, 1.54) is 23.1 Å². The summed E-state index contributed by atoms with van der Waals surface area (Å²) in [7, 11) is 0. The summed E-state index contributed by atoms with van der Waals surface area (Å²) in [5.74, 6) is 1.39. The molecule has 0 aliphatic heterocycles. The highest BCUT2D eigenvalue weighted by molar-refractivity contribution is 6.30. The molecule has 0 saturated heterocycles. The molecule has 1 saturated carbocycles. The average Bonchev–Trinajstić information content (AvgIpc) is 3.19. The molecule has 0 radical (unpaired) electrons. The van der Waals surface area contributed by atoms with Gasteiger partial charge in [-0.05, 0) is 53.6 Å². The van der Waals surface area contributed by atoms with Gasteiger partial charge in [-0.25, -0.2) is 0 Å². The highest BCUT2D eigenvalue weighted by atomic mass is 35.5. The number of hydrogen-bond donors (Lipinski definition) is 1. The van der Waals surface area contributed by atoms with Crippen molar-refractivity contribution in [3.8, 4) is 11.1 Å². The summed E-state index contributed by atoms with van der Waals surface area (Å²) in [6.45, 7) is 0.809. The molecule has 0 bridgehead atoms. The van der Waals surface area contributed by atoms with E-state index in [1.807, 2.05) is 12.1 Å². The Labute approximate surface area is 125 Å². The lowest BCUT2D eigenvalue weighted by Crippen LogP contribution is -2.01. The fraction of sp³-hybridized carbons (Fsp3) is 0.250. The molecule has 0 amide bonds. The van der Waals surface area contributed by atoms with E-state index in [4.69, 9.17) is 17.3 Å². The highest BCUT2D eigenvalue weighted by Crippen LogP contribution is 2.46. The number of hydrogen-bond acceptors (Lipinski definition) is 1. The molecule has 2 aromatic carbocycles. The van der Waals surface area contributed by atoms with Crippen LogP contribution in [0.2, 0.25) is 5.02 Å². The van der Waals surface area contributed by atoms with Crippen molar-refractivity contribution in [1.82, 2.24) is 0 Å². The number of halogens is 2. The van der Waals surface area contributed by atoms with Gasteiger partial charge in [0.1, 0.15) is 0 Å². The number of nitrogens with two attached hydrogens (primary N) is 1. The van der Waals surface area contributed by atoms with E-state index < -0.39 is 0 Å². The topological polar surface area (TPSA) is 26.0 Å². The third kappa shape index (κ3) is 3.11. The Bertz CT molecular complexity index is 534. The summed E-state index contributed by atoms with van der Waals surface area (Å²) in [5.41, 5.74) is 9.55. The van der Waals surface area contributed by atoms with E-state index in [1.54, 1.807) is 0 Å². The van der Waals surface area contributed by atoms with Gasteiger partial charge in [-0.15, -0.1) is 12.4 Å². The van der Waals surface area contributed by atoms with Gasteiger partial charge in [-0.2, -0.15) is 0 Å². The quantitative estimate of drug-likeness (QED) is 0.886. The minimum atomic E-state index is 0. The molecule has 2 unspecified atom stereocenters. The van der Waals surface area contributed by atoms with Crippen molar-refractivity contribution in [1.29, 1.82) is 0 Å². The van der Waals surface area contributed by atoms with Gasteiger partial charge in [-0.1, -0.05) is 48.0 Å². The van der Waals surface area contributed by atoms with Crippen molar-refractivity contribution in [2.75, 3.05) is 6.54 Å². The molecule has 19 heavy (non-hydrogen) atoms. The fourth-order valence-corrected chi connectivity index (χ4v) is 2.61. The lowest BCUT2D eigenvalue weighted by atomic mass is 10.0. The van der Waals surface area contributed by atoms with Crippen LogP contribution in [0.5, 0.6) is 0 Å². The zero-order valence-electron chi connectivity index (χ0n) is 10.6. The van der Waals surface area contributed by atoms with E-state index in [0.29, 0.717) is 11.8 Å². The normalized spacial score (nSPS) is 20.7. The van der Waals surface area contributed by atoms with Crippen LogP contribution >= 0.6 is 24.0 Å². The van der Waals surface area contributed by atoms with Crippen molar-refractivity contribution in [3.05, 3.63) is 59.1 Å². The SMILES string of the molecule is Cl.NCC1CC1c1ccc(-c2ccc(Cl)cc2)cc1.